The second-order valence-corrected chi connectivity index (χ2v) is 14.2. The van der Waals surface area contributed by atoms with Gasteiger partial charge in [-0.05, 0) is 56.9 Å². The van der Waals surface area contributed by atoms with Crippen molar-refractivity contribution in [3.63, 3.8) is 0 Å². The van der Waals surface area contributed by atoms with E-state index < -0.39 is 5.60 Å². The zero-order chi connectivity index (χ0) is 33.6. The molecule has 0 saturated carbocycles. The standard InChI is InChI=1S/C36H39N7O4S/c1-23-9-10-26(19-37-23)32-39-24(2)30(48-32)35(46)42-16-12-27(29(20-42)25-7-5-4-6-8-25)33(44)41-17-13-36(47,14-18-41)21-43-22-38-31-28(34(43)45)11-15-40(31)3/h4-11,15,19,22,27,29,47H,12-14,16-18,20-21H2,1-3H3/t27-,29+/m1/s1. The molecule has 248 valence electrons. The molecule has 2 fully saturated rings. The fourth-order valence-electron chi connectivity index (χ4n) is 7.07. The molecule has 1 N–H and O–H groups in total. The maximum atomic E-state index is 14.2. The maximum Gasteiger partial charge on any atom is 0.265 e. The molecule has 7 rings (SSSR count). The van der Waals surface area contributed by atoms with E-state index >= 15 is 0 Å². The van der Waals surface area contributed by atoms with Gasteiger partial charge in [0.1, 0.15) is 21.9 Å². The van der Waals surface area contributed by atoms with Crippen molar-refractivity contribution in [3.05, 3.63) is 99.4 Å². The number of carbonyl (C=O) groups excluding carboxylic acids is 2. The number of hydrogen-bond donors (Lipinski definition) is 1. The highest BCUT2D eigenvalue weighted by Gasteiger charge is 2.42. The van der Waals surface area contributed by atoms with Gasteiger partial charge in [-0.25, -0.2) is 9.97 Å². The van der Waals surface area contributed by atoms with Crippen molar-refractivity contribution in [3.8, 4) is 10.6 Å². The molecule has 5 aromatic rings. The Morgan fingerprint density at radius 1 is 1.00 bits per heavy atom. The van der Waals surface area contributed by atoms with Crippen molar-refractivity contribution < 1.29 is 14.7 Å². The number of amides is 2. The zero-order valence-electron chi connectivity index (χ0n) is 27.4. The Morgan fingerprint density at radius 2 is 1.77 bits per heavy atom. The van der Waals surface area contributed by atoms with Gasteiger partial charge >= 0.3 is 0 Å². The fraction of sp³-hybridized carbons (Fsp3) is 0.389. The van der Waals surface area contributed by atoms with E-state index in [1.54, 1.807) is 23.0 Å². The number of nitrogens with zero attached hydrogens (tertiary/aromatic N) is 7. The van der Waals surface area contributed by atoms with Crippen LogP contribution in [0.25, 0.3) is 21.6 Å². The first-order chi connectivity index (χ1) is 23.1. The molecule has 2 atom stereocenters. The van der Waals surface area contributed by atoms with Crippen molar-refractivity contribution in [2.75, 3.05) is 26.2 Å². The molecule has 0 bridgehead atoms. The predicted octanol–water partition coefficient (Wildman–Crippen LogP) is 4.17. The highest BCUT2D eigenvalue weighted by Crippen LogP contribution is 2.37. The number of fused-ring (bicyclic) bond motifs is 1. The Balaban J connectivity index is 1.05. The Morgan fingerprint density at radius 3 is 2.50 bits per heavy atom. The number of pyridine rings is 1. The predicted molar refractivity (Wildman–Crippen MR) is 184 cm³/mol. The monoisotopic (exact) mass is 665 g/mol. The van der Waals surface area contributed by atoms with Crippen molar-refractivity contribution in [1.29, 1.82) is 0 Å². The number of benzene rings is 1. The summed E-state index contributed by atoms with van der Waals surface area (Å²) >= 11 is 1.38. The van der Waals surface area contributed by atoms with Crippen molar-refractivity contribution in [2.45, 2.75) is 51.2 Å². The van der Waals surface area contributed by atoms with Crippen molar-refractivity contribution in [1.82, 2.24) is 33.9 Å². The average molecular weight is 666 g/mol. The summed E-state index contributed by atoms with van der Waals surface area (Å²) in [5.41, 5.74) is 2.82. The summed E-state index contributed by atoms with van der Waals surface area (Å²) in [6.45, 7) is 5.59. The minimum absolute atomic E-state index is 0.0469. The quantitative estimate of drug-likeness (QED) is 0.289. The van der Waals surface area contributed by atoms with Gasteiger partial charge in [0.25, 0.3) is 11.5 Å². The Hall–Kier alpha value is -4.68. The number of likely N-dealkylation sites (tertiary alicyclic amines) is 2. The van der Waals surface area contributed by atoms with Gasteiger partial charge < -0.3 is 19.5 Å². The van der Waals surface area contributed by atoms with Crippen LogP contribution in [0.4, 0.5) is 0 Å². The molecule has 2 aliphatic heterocycles. The molecule has 11 nitrogen and oxygen atoms in total. The van der Waals surface area contributed by atoms with E-state index in [2.05, 4.69) is 9.97 Å². The molecule has 0 radical (unpaired) electrons. The van der Waals surface area contributed by atoms with E-state index in [4.69, 9.17) is 4.98 Å². The molecule has 2 aliphatic rings. The molecule has 6 heterocycles. The zero-order valence-corrected chi connectivity index (χ0v) is 28.2. The molecule has 2 amide bonds. The van der Waals surface area contributed by atoms with Crippen LogP contribution in [0.15, 0.2) is 72.0 Å². The third-order valence-corrected chi connectivity index (χ3v) is 11.1. The van der Waals surface area contributed by atoms with Crippen LogP contribution in [-0.4, -0.2) is 82.6 Å². The molecule has 0 spiro atoms. The van der Waals surface area contributed by atoms with E-state index in [0.717, 1.165) is 21.8 Å². The molecular formula is C36H39N7O4S. The summed E-state index contributed by atoms with van der Waals surface area (Å²) in [5.74, 6) is -0.490. The second kappa shape index (κ2) is 12.7. The van der Waals surface area contributed by atoms with E-state index in [-0.39, 0.29) is 35.8 Å². The first-order valence-electron chi connectivity index (χ1n) is 16.4. The lowest BCUT2D eigenvalue weighted by molar-refractivity contribution is -0.142. The van der Waals surface area contributed by atoms with Gasteiger partial charge in [-0.3, -0.25) is 23.9 Å². The Bertz CT molecular complexity index is 2030. The van der Waals surface area contributed by atoms with Crippen LogP contribution in [0.3, 0.4) is 0 Å². The van der Waals surface area contributed by atoms with Gasteiger partial charge in [0.05, 0.1) is 23.2 Å². The second-order valence-electron chi connectivity index (χ2n) is 13.2. The van der Waals surface area contributed by atoms with Crippen LogP contribution in [-0.2, 0) is 18.4 Å². The lowest BCUT2D eigenvalue weighted by Crippen LogP contribution is -2.53. The number of rotatable bonds is 6. The number of carbonyl (C=O) groups is 2. The average Bonchev–Trinajstić information content (AvgIpc) is 3.68. The number of aromatic nitrogens is 5. The molecule has 12 heteroatoms. The van der Waals surface area contributed by atoms with E-state index in [1.807, 2.05) is 73.2 Å². The lowest BCUT2D eigenvalue weighted by atomic mass is 9.79. The maximum absolute atomic E-state index is 14.2. The van der Waals surface area contributed by atoms with Crippen molar-refractivity contribution >= 4 is 34.2 Å². The molecule has 2 saturated heterocycles. The molecular weight excluding hydrogens is 627 g/mol. The lowest BCUT2D eigenvalue weighted by Gasteiger charge is -2.43. The minimum atomic E-state index is -1.13. The van der Waals surface area contributed by atoms with E-state index in [1.165, 1.54) is 22.2 Å². The molecule has 1 aromatic carbocycles. The summed E-state index contributed by atoms with van der Waals surface area (Å²) < 4.78 is 3.27. The summed E-state index contributed by atoms with van der Waals surface area (Å²) in [5, 5.41) is 12.8. The largest absolute Gasteiger partial charge is 0.388 e. The third-order valence-electron chi connectivity index (χ3n) is 9.92. The van der Waals surface area contributed by atoms with Gasteiger partial charge in [-0.15, -0.1) is 11.3 Å². The van der Waals surface area contributed by atoms with Gasteiger partial charge in [-0.2, -0.15) is 0 Å². The van der Waals surface area contributed by atoms with Gasteiger partial charge in [-0.1, -0.05) is 30.3 Å². The third kappa shape index (κ3) is 6.06. The smallest absolute Gasteiger partial charge is 0.265 e. The summed E-state index contributed by atoms with van der Waals surface area (Å²) in [7, 11) is 1.84. The van der Waals surface area contributed by atoms with Crippen LogP contribution in [0, 0.1) is 19.8 Å². The van der Waals surface area contributed by atoms with Crippen LogP contribution < -0.4 is 5.56 Å². The Kier molecular flexibility index (Phi) is 8.46. The number of hydrogen-bond acceptors (Lipinski definition) is 8. The van der Waals surface area contributed by atoms with Crippen LogP contribution in [0.5, 0.6) is 0 Å². The summed E-state index contributed by atoms with van der Waals surface area (Å²) in [6.07, 6.45) is 6.33. The van der Waals surface area contributed by atoms with Crippen LogP contribution in [0.2, 0.25) is 0 Å². The molecule has 0 unspecified atom stereocenters. The summed E-state index contributed by atoms with van der Waals surface area (Å²) in [6, 6.07) is 15.6. The van der Waals surface area contributed by atoms with E-state index in [9.17, 15) is 19.5 Å². The van der Waals surface area contributed by atoms with Gasteiger partial charge in [0.2, 0.25) is 5.91 Å². The number of aryl methyl sites for hydroxylation is 3. The molecule has 0 aliphatic carbocycles. The summed E-state index contributed by atoms with van der Waals surface area (Å²) in [4.78, 5) is 59.0. The van der Waals surface area contributed by atoms with Crippen LogP contribution >= 0.6 is 11.3 Å². The number of aliphatic hydroxyl groups is 1. The molecule has 48 heavy (non-hydrogen) atoms. The topological polar surface area (TPSA) is 126 Å². The molecule has 4 aromatic heterocycles. The number of piperidine rings is 2. The minimum Gasteiger partial charge on any atom is -0.388 e. The van der Waals surface area contributed by atoms with Crippen molar-refractivity contribution in [2.24, 2.45) is 13.0 Å². The highest BCUT2D eigenvalue weighted by atomic mass is 32.1. The Labute approximate surface area is 282 Å². The fourth-order valence-corrected chi connectivity index (χ4v) is 8.10. The van der Waals surface area contributed by atoms with Gasteiger partial charge in [0.15, 0.2) is 0 Å². The SMILES string of the molecule is Cc1ccc(-c2nc(C)c(C(=O)N3CC[C@@H](C(=O)N4CCC(O)(Cn5cnc6c(ccn6C)c5=O)CC4)[C@H](c4ccccc4)C3)s2)cn1. The van der Waals surface area contributed by atoms with Crippen LogP contribution in [0.1, 0.15) is 51.8 Å². The van der Waals surface area contributed by atoms with E-state index in [0.29, 0.717) is 67.0 Å². The van der Waals surface area contributed by atoms with Gasteiger partial charge in [0, 0.05) is 68.7 Å². The highest BCUT2D eigenvalue weighted by molar-refractivity contribution is 7.17. The normalized spacial score (nSPS) is 19.5. The first kappa shape index (κ1) is 31.9. The number of thiazole rings is 1. The first-order valence-corrected chi connectivity index (χ1v) is 17.2.